The van der Waals surface area contributed by atoms with Gasteiger partial charge in [-0.25, -0.2) is 5.10 Å². The van der Waals surface area contributed by atoms with Crippen molar-refractivity contribution in [1.82, 2.24) is 25.3 Å². The number of hydrogen-bond acceptors (Lipinski definition) is 5. The Morgan fingerprint density at radius 3 is 2.61 bits per heavy atom. The van der Waals surface area contributed by atoms with Gasteiger partial charge < -0.3 is 9.80 Å². The second-order valence-corrected chi connectivity index (χ2v) is 7.86. The zero-order valence-electron chi connectivity index (χ0n) is 16.9. The lowest BCUT2D eigenvalue weighted by Gasteiger charge is -2.34. The van der Waals surface area contributed by atoms with Gasteiger partial charge in [0.05, 0.1) is 11.7 Å². The third-order valence-electron chi connectivity index (χ3n) is 5.97. The fourth-order valence-corrected chi connectivity index (χ4v) is 4.41. The molecule has 31 heavy (non-hydrogen) atoms. The molecule has 9 nitrogen and oxygen atoms in total. The molecular weight excluding hydrogens is 396 g/mol. The summed E-state index contributed by atoms with van der Waals surface area (Å²) in [5, 5.41) is 13.4. The number of carbonyl (C=O) groups excluding carboxylic acids is 2. The molecule has 1 unspecified atom stereocenters. The molecule has 158 valence electrons. The van der Waals surface area contributed by atoms with E-state index >= 15 is 0 Å². The molecule has 0 saturated carbocycles. The number of carbonyl (C=O) groups is 2. The first-order valence-corrected chi connectivity index (χ1v) is 10.4. The third-order valence-corrected chi connectivity index (χ3v) is 5.97. The Hall–Kier alpha value is -3.75. The van der Waals surface area contributed by atoms with Gasteiger partial charge in [-0.3, -0.25) is 19.5 Å². The molecule has 1 saturated heterocycles. The average Bonchev–Trinajstić information content (AvgIpc) is 3.46. The van der Waals surface area contributed by atoms with Crippen LogP contribution in [0.15, 0.2) is 47.3 Å². The van der Waals surface area contributed by atoms with Gasteiger partial charge in [-0.05, 0) is 49.4 Å². The van der Waals surface area contributed by atoms with Crippen LogP contribution in [-0.2, 0) is 6.42 Å². The molecule has 2 aliphatic rings. The van der Waals surface area contributed by atoms with Gasteiger partial charge >= 0.3 is 0 Å². The molecule has 1 fully saturated rings. The highest BCUT2D eigenvalue weighted by atomic mass is 16.2. The van der Waals surface area contributed by atoms with E-state index in [4.69, 9.17) is 0 Å². The number of anilines is 1. The summed E-state index contributed by atoms with van der Waals surface area (Å²) in [6.45, 7) is 1.21. The van der Waals surface area contributed by atoms with E-state index in [-0.39, 0.29) is 29.1 Å². The van der Waals surface area contributed by atoms with Crippen LogP contribution in [0.2, 0.25) is 0 Å². The van der Waals surface area contributed by atoms with Crippen molar-refractivity contribution in [3.05, 3.63) is 75.5 Å². The van der Waals surface area contributed by atoms with Crippen molar-refractivity contribution in [2.75, 3.05) is 18.0 Å². The van der Waals surface area contributed by atoms with Crippen molar-refractivity contribution < 1.29 is 9.59 Å². The number of likely N-dealkylation sites (tertiary alicyclic amines) is 1. The summed E-state index contributed by atoms with van der Waals surface area (Å²) in [5.41, 5.74) is 2.99. The van der Waals surface area contributed by atoms with Gasteiger partial charge in [-0.15, -0.1) is 0 Å². The maximum Gasteiger partial charge on any atom is 0.278 e. The number of aromatic amines is 2. The quantitative estimate of drug-likeness (QED) is 0.676. The molecule has 4 heterocycles. The molecule has 2 aliphatic heterocycles. The van der Waals surface area contributed by atoms with Crippen molar-refractivity contribution in [3.8, 4) is 0 Å². The number of aromatic nitrogens is 4. The lowest BCUT2D eigenvalue weighted by Crippen LogP contribution is -2.39. The van der Waals surface area contributed by atoms with Crippen molar-refractivity contribution >= 4 is 17.5 Å². The fraction of sp³-hybridized carbons (Fsp3) is 0.318. The average molecular weight is 418 g/mol. The van der Waals surface area contributed by atoms with Crippen LogP contribution < -0.4 is 10.5 Å². The van der Waals surface area contributed by atoms with Gasteiger partial charge in [0.2, 0.25) is 0 Å². The molecule has 9 heteroatoms. The summed E-state index contributed by atoms with van der Waals surface area (Å²) < 4.78 is 0. The Labute approximate surface area is 178 Å². The highest BCUT2D eigenvalue weighted by Crippen LogP contribution is 2.32. The standard InChI is InChI=1S/C22H22N6O3/c29-20-9-8-15(23-26-20)21(30)27-11-4-3-7-19(27)16-13-17(25-24-16)22(31)28-12-10-14-5-1-2-6-18(14)28/h1-2,5-6,8-9,13,19H,3-4,7,10-12H2,(H,24,25)(H,26,29). The molecule has 2 aromatic heterocycles. The van der Waals surface area contributed by atoms with Gasteiger partial charge in [-0.2, -0.15) is 10.2 Å². The zero-order chi connectivity index (χ0) is 21.4. The topological polar surface area (TPSA) is 115 Å². The molecule has 0 bridgehead atoms. The van der Waals surface area contributed by atoms with E-state index in [2.05, 4.69) is 20.4 Å². The summed E-state index contributed by atoms with van der Waals surface area (Å²) in [5.74, 6) is -0.402. The molecule has 0 aliphatic carbocycles. The van der Waals surface area contributed by atoms with Gasteiger partial charge in [-0.1, -0.05) is 18.2 Å². The van der Waals surface area contributed by atoms with Crippen LogP contribution in [0.25, 0.3) is 0 Å². The third kappa shape index (κ3) is 3.52. The number of fused-ring (bicyclic) bond motifs is 1. The maximum atomic E-state index is 13.1. The molecular formula is C22H22N6O3. The van der Waals surface area contributed by atoms with E-state index in [0.29, 0.717) is 18.8 Å². The Bertz CT molecular complexity index is 1180. The minimum Gasteiger partial charge on any atom is -0.329 e. The van der Waals surface area contributed by atoms with Crippen LogP contribution in [0, 0.1) is 0 Å². The van der Waals surface area contributed by atoms with Crippen molar-refractivity contribution in [3.63, 3.8) is 0 Å². The normalized spacial score (nSPS) is 18.1. The molecule has 1 atom stereocenters. The Kier molecular flexibility index (Phi) is 4.85. The van der Waals surface area contributed by atoms with Gasteiger partial charge in [0.15, 0.2) is 5.69 Å². The molecule has 3 aromatic rings. The first-order chi connectivity index (χ1) is 15.1. The van der Waals surface area contributed by atoms with E-state index in [1.807, 2.05) is 24.3 Å². The first-order valence-electron chi connectivity index (χ1n) is 10.4. The first kappa shape index (κ1) is 19.2. The molecule has 2 amide bonds. The number of nitrogens with zero attached hydrogens (tertiary/aromatic N) is 4. The number of rotatable bonds is 3. The predicted molar refractivity (Wildman–Crippen MR) is 113 cm³/mol. The molecule has 2 N–H and O–H groups in total. The van der Waals surface area contributed by atoms with Crippen LogP contribution in [0.5, 0.6) is 0 Å². The number of amides is 2. The summed E-state index contributed by atoms with van der Waals surface area (Å²) in [6.07, 6.45) is 3.44. The van der Waals surface area contributed by atoms with Gasteiger partial charge in [0.25, 0.3) is 17.4 Å². The Morgan fingerprint density at radius 1 is 0.935 bits per heavy atom. The Morgan fingerprint density at radius 2 is 1.77 bits per heavy atom. The highest BCUT2D eigenvalue weighted by molar-refractivity contribution is 6.06. The summed E-state index contributed by atoms with van der Waals surface area (Å²) in [7, 11) is 0. The molecule has 0 spiro atoms. The van der Waals surface area contributed by atoms with E-state index < -0.39 is 0 Å². The van der Waals surface area contributed by atoms with Gasteiger partial charge in [0.1, 0.15) is 5.69 Å². The zero-order valence-corrected chi connectivity index (χ0v) is 16.9. The number of hydrogen-bond donors (Lipinski definition) is 2. The van der Waals surface area contributed by atoms with Crippen molar-refractivity contribution in [2.24, 2.45) is 0 Å². The van der Waals surface area contributed by atoms with E-state index in [1.54, 1.807) is 15.9 Å². The second kappa shape index (κ2) is 7.82. The minimum absolute atomic E-state index is 0.150. The summed E-state index contributed by atoms with van der Waals surface area (Å²) in [6, 6.07) is 12.1. The number of piperidine rings is 1. The maximum absolute atomic E-state index is 13.1. The molecule has 1 aromatic carbocycles. The number of benzene rings is 1. The lowest BCUT2D eigenvalue weighted by atomic mass is 9.98. The highest BCUT2D eigenvalue weighted by Gasteiger charge is 2.32. The number of nitrogens with one attached hydrogen (secondary N) is 2. The Balaban J connectivity index is 1.39. The minimum atomic E-state index is -0.355. The van der Waals surface area contributed by atoms with E-state index in [9.17, 15) is 14.4 Å². The summed E-state index contributed by atoms with van der Waals surface area (Å²) >= 11 is 0. The number of H-pyrrole nitrogens is 2. The van der Waals surface area contributed by atoms with Crippen molar-refractivity contribution in [2.45, 2.75) is 31.7 Å². The largest absolute Gasteiger partial charge is 0.329 e. The van der Waals surface area contributed by atoms with Crippen LogP contribution in [-0.4, -0.2) is 50.2 Å². The van der Waals surface area contributed by atoms with Crippen LogP contribution >= 0.6 is 0 Å². The van der Waals surface area contributed by atoms with Crippen LogP contribution in [0.3, 0.4) is 0 Å². The molecule has 0 radical (unpaired) electrons. The predicted octanol–water partition coefficient (Wildman–Crippen LogP) is 2.06. The summed E-state index contributed by atoms with van der Waals surface area (Å²) in [4.78, 5) is 40.9. The van der Waals surface area contributed by atoms with Crippen molar-refractivity contribution in [1.29, 1.82) is 0 Å². The SMILES string of the molecule is O=C(c1cc(C2CCCCN2C(=O)c2ccc(=O)[nH]n2)[nH]n1)N1CCc2ccccc21. The van der Waals surface area contributed by atoms with Crippen LogP contribution in [0.1, 0.15) is 57.5 Å². The van der Waals surface area contributed by atoms with E-state index in [0.717, 1.165) is 42.6 Å². The fourth-order valence-electron chi connectivity index (χ4n) is 4.41. The number of para-hydroxylation sites is 1. The second-order valence-electron chi connectivity index (χ2n) is 7.86. The van der Waals surface area contributed by atoms with Gasteiger partial charge in [0, 0.05) is 24.8 Å². The van der Waals surface area contributed by atoms with Crippen LogP contribution in [0.4, 0.5) is 5.69 Å². The smallest absolute Gasteiger partial charge is 0.278 e. The monoisotopic (exact) mass is 418 g/mol. The molecule has 5 rings (SSSR count). The lowest BCUT2D eigenvalue weighted by molar-refractivity contribution is 0.0598. The van der Waals surface area contributed by atoms with E-state index in [1.165, 1.54) is 12.1 Å².